The molecule has 0 N–H and O–H groups in total. The van der Waals surface area contributed by atoms with E-state index in [0.29, 0.717) is 0 Å². The Morgan fingerprint density at radius 3 is 2.53 bits per heavy atom. The van der Waals surface area contributed by atoms with Crippen LogP contribution in [0.15, 0.2) is 17.1 Å². The maximum atomic E-state index is 4.21. The van der Waals surface area contributed by atoms with Crippen LogP contribution in [0.5, 0.6) is 0 Å². The third kappa shape index (κ3) is 1.81. The first kappa shape index (κ1) is 10.4. The standard InChI is InChI=1S/C11H15N3S/c1-8-5-15-6-9(8)10-13-12-7-14(10)11(2,3)4/h5-7H,1-4H3. The van der Waals surface area contributed by atoms with E-state index >= 15 is 0 Å². The first-order valence-electron chi connectivity index (χ1n) is 4.94. The molecule has 0 atom stereocenters. The van der Waals surface area contributed by atoms with E-state index in [1.807, 2.05) is 0 Å². The van der Waals surface area contributed by atoms with Crippen molar-refractivity contribution < 1.29 is 0 Å². The number of hydrogen-bond donors (Lipinski definition) is 0. The summed E-state index contributed by atoms with van der Waals surface area (Å²) in [5.74, 6) is 0.959. The average molecular weight is 221 g/mol. The number of hydrogen-bond acceptors (Lipinski definition) is 3. The predicted octanol–water partition coefficient (Wildman–Crippen LogP) is 3.07. The number of rotatable bonds is 1. The van der Waals surface area contributed by atoms with E-state index < -0.39 is 0 Å². The molecular formula is C11H15N3S. The summed E-state index contributed by atoms with van der Waals surface area (Å²) in [5, 5.41) is 12.5. The third-order valence-electron chi connectivity index (χ3n) is 2.37. The summed E-state index contributed by atoms with van der Waals surface area (Å²) in [4.78, 5) is 0. The Kier molecular flexibility index (Phi) is 2.38. The summed E-state index contributed by atoms with van der Waals surface area (Å²) in [5.41, 5.74) is 2.47. The van der Waals surface area contributed by atoms with Crippen molar-refractivity contribution in [2.75, 3.05) is 0 Å². The topological polar surface area (TPSA) is 30.7 Å². The zero-order valence-corrected chi connectivity index (χ0v) is 10.3. The second kappa shape index (κ2) is 3.45. The summed E-state index contributed by atoms with van der Waals surface area (Å²) in [6, 6.07) is 0. The molecule has 0 bridgehead atoms. The lowest BCUT2D eigenvalue weighted by atomic mass is 10.1. The van der Waals surface area contributed by atoms with Gasteiger partial charge in [-0.3, -0.25) is 0 Å². The van der Waals surface area contributed by atoms with Gasteiger partial charge in [-0.15, -0.1) is 10.2 Å². The van der Waals surface area contributed by atoms with Crippen molar-refractivity contribution in [3.63, 3.8) is 0 Å². The normalized spacial score (nSPS) is 12.0. The fraction of sp³-hybridized carbons (Fsp3) is 0.455. The summed E-state index contributed by atoms with van der Waals surface area (Å²) < 4.78 is 2.11. The molecule has 0 saturated carbocycles. The lowest BCUT2D eigenvalue weighted by Crippen LogP contribution is -2.21. The molecule has 0 aliphatic heterocycles. The first-order valence-corrected chi connectivity index (χ1v) is 5.88. The molecule has 2 rings (SSSR count). The van der Waals surface area contributed by atoms with E-state index in [-0.39, 0.29) is 5.54 Å². The van der Waals surface area contributed by atoms with Crippen molar-refractivity contribution in [1.82, 2.24) is 14.8 Å². The summed E-state index contributed by atoms with van der Waals surface area (Å²) >= 11 is 1.70. The Morgan fingerprint density at radius 1 is 1.27 bits per heavy atom. The highest BCUT2D eigenvalue weighted by Crippen LogP contribution is 2.28. The van der Waals surface area contributed by atoms with Crippen molar-refractivity contribution in [1.29, 1.82) is 0 Å². The molecule has 0 spiro atoms. The minimum absolute atomic E-state index is 0.0210. The second-order valence-electron chi connectivity index (χ2n) is 4.66. The minimum Gasteiger partial charge on any atom is -0.308 e. The molecule has 0 saturated heterocycles. The Balaban J connectivity index is 2.56. The fourth-order valence-electron chi connectivity index (χ4n) is 1.50. The molecule has 2 heterocycles. The zero-order chi connectivity index (χ0) is 11.1. The molecule has 4 heteroatoms. The summed E-state index contributed by atoms with van der Waals surface area (Å²) in [7, 11) is 0. The van der Waals surface area contributed by atoms with Crippen molar-refractivity contribution in [2.24, 2.45) is 0 Å². The van der Waals surface area contributed by atoms with Crippen molar-refractivity contribution in [3.05, 3.63) is 22.7 Å². The van der Waals surface area contributed by atoms with Crippen molar-refractivity contribution >= 4 is 11.3 Å². The van der Waals surface area contributed by atoms with Crippen LogP contribution in [0.4, 0.5) is 0 Å². The molecule has 0 amide bonds. The fourth-order valence-corrected chi connectivity index (χ4v) is 2.33. The minimum atomic E-state index is 0.0210. The van der Waals surface area contributed by atoms with E-state index in [1.54, 1.807) is 17.7 Å². The van der Waals surface area contributed by atoms with Gasteiger partial charge in [0.05, 0.1) is 0 Å². The monoisotopic (exact) mass is 221 g/mol. The van der Waals surface area contributed by atoms with Crippen molar-refractivity contribution in [3.8, 4) is 11.4 Å². The van der Waals surface area contributed by atoms with Crippen LogP contribution in [0.3, 0.4) is 0 Å². The van der Waals surface area contributed by atoms with E-state index in [9.17, 15) is 0 Å². The molecular weight excluding hydrogens is 206 g/mol. The number of aromatic nitrogens is 3. The summed E-state index contributed by atoms with van der Waals surface area (Å²) in [6.07, 6.45) is 1.80. The van der Waals surface area contributed by atoms with Crippen LogP contribution < -0.4 is 0 Å². The van der Waals surface area contributed by atoms with Crippen LogP contribution in [0, 0.1) is 6.92 Å². The molecule has 15 heavy (non-hydrogen) atoms. The molecule has 0 fully saturated rings. The molecule has 0 aliphatic carbocycles. The van der Waals surface area contributed by atoms with Gasteiger partial charge in [-0.25, -0.2) is 0 Å². The molecule has 0 aliphatic rings. The van der Waals surface area contributed by atoms with Gasteiger partial charge in [0.15, 0.2) is 5.82 Å². The zero-order valence-electron chi connectivity index (χ0n) is 9.48. The molecule has 2 aromatic rings. The maximum absolute atomic E-state index is 4.21. The Morgan fingerprint density at radius 2 is 2.00 bits per heavy atom. The van der Waals surface area contributed by atoms with Gasteiger partial charge in [-0.2, -0.15) is 11.3 Å². The molecule has 3 nitrogen and oxygen atoms in total. The van der Waals surface area contributed by atoms with Gasteiger partial charge >= 0.3 is 0 Å². The van der Waals surface area contributed by atoms with Gasteiger partial charge in [0.2, 0.25) is 0 Å². The molecule has 2 aromatic heterocycles. The maximum Gasteiger partial charge on any atom is 0.165 e. The van der Waals surface area contributed by atoms with Crippen LogP contribution in [-0.4, -0.2) is 14.8 Å². The van der Waals surface area contributed by atoms with Gasteiger partial charge < -0.3 is 4.57 Å². The van der Waals surface area contributed by atoms with Crippen LogP contribution in [-0.2, 0) is 5.54 Å². The summed E-state index contributed by atoms with van der Waals surface area (Å²) in [6.45, 7) is 8.57. The Bertz CT molecular complexity index is 462. The quantitative estimate of drug-likeness (QED) is 0.741. The highest BCUT2D eigenvalue weighted by atomic mass is 32.1. The van der Waals surface area contributed by atoms with E-state index in [0.717, 1.165) is 5.82 Å². The highest BCUT2D eigenvalue weighted by Gasteiger charge is 2.19. The van der Waals surface area contributed by atoms with E-state index in [2.05, 4.69) is 53.2 Å². The second-order valence-corrected chi connectivity index (χ2v) is 5.41. The lowest BCUT2D eigenvalue weighted by Gasteiger charge is -2.22. The number of nitrogens with zero attached hydrogens (tertiary/aromatic N) is 3. The molecule has 0 unspecified atom stereocenters. The third-order valence-corrected chi connectivity index (χ3v) is 3.23. The lowest BCUT2D eigenvalue weighted by molar-refractivity contribution is 0.400. The van der Waals surface area contributed by atoms with Crippen LogP contribution in [0.1, 0.15) is 26.3 Å². The molecule has 80 valence electrons. The van der Waals surface area contributed by atoms with E-state index in [1.165, 1.54) is 11.1 Å². The van der Waals surface area contributed by atoms with Gasteiger partial charge in [0.1, 0.15) is 6.33 Å². The van der Waals surface area contributed by atoms with Crippen molar-refractivity contribution in [2.45, 2.75) is 33.2 Å². The van der Waals surface area contributed by atoms with E-state index in [4.69, 9.17) is 0 Å². The molecule has 0 aromatic carbocycles. The van der Waals surface area contributed by atoms with Gasteiger partial charge in [0.25, 0.3) is 0 Å². The van der Waals surface area contributed by atoms with Gasteiger partial charge in [-0.1, -0.05) is 0 Å². The smallest absolute Gasteiger partial charge is 0.165 e. The van der Waals surface area contributed by atoms with Crippen LogP contribution in [0.25, 0.3) is 11.4 Å². The van der Waals surface area contributed by atoms with Crippen LogP contribution >= 0.6 is 11.3 Å². The first-order chi connectivity index (χ1) is 7.00. The average Bonchev–Trinajstić information content (AvgIpc) is 2.69. The van der Waals surface area contributed by atoms with Crippen LogP contribution in [0.2, 0.25) is 0 Å². The Labute approximate surface area is 93.8 Å². The SMILES string of the molecule is Cc1cscc1-c1nncn1C(C)(C)C. The largest absolute Gasteiger partial charge is 0.308 e. The number of aryl methyl sites for hydroxylation is 1. The highest BCUT2D eigenvalue weighted by molar-refractivity contribution is 7.08. The molecule has 0 radical (unpaired) electrons. The van der Waals surface area contributed by atoms with Gasteiger partial charge in [0, 0.05) is 16.5 Å². The Hall–Kier alpha value is -1.16. The predicted molar refractivity (Wildman–Crippen MR) is 63.1 cm³/mol. The number of thiophene rings is 1. The van der Waals surface area contributed by atoms with Gasteiger partial charge in [-0.05, 0) is 38.6 Å².